The number of phenols is 1. The van der Waals surface area contributed by atoms with Crippen LogP contribution in [0.25, 0.3) is 10.9 Å². The molecule has 1 unspecified atom stereocenters. The van der Waals surface area contributed by atoms with Crippen molar-refractivity contribution in [1.82, 2.24) is 4.57 Å². The van der Waals surface area contributed by atoms with E-state index in [1.165, 1.54) is 12.1 Å². The number of nitrogens with zero attached hydrogens (tertiary/aromatic N) is 1. The molecule has 0 amide bonds. The van der Waals surface area contributed by atoms with Crippen LogP contribution in [0.5, 0.6) is 5.75 Å². The van der Waals surface area contributed by atoms with Crippen LogP contribution in [-0.4, -0.2) is 25.9 Å². The van der Waals surface area contributed by atoms with Crippen LogP contribution in [0.4, 0.5) is 0 Å². The Balaban J connectivity index is 2.64. The van der Waals surface area contributed by atoms with Crippen LogP contribution in [0.15, 0.2) is 24.3 Å². The summed E-state index contributed by atoms with van der Waals surface area (Å²) in [5, 5.41) is 28.2. The molecule has 0 aliphatic heterocycles. The maximum atomic E-state index is 10.7. The molecule has 84 valence electrons. The van der Waals surface area contributed by atoms with E-state index in [1.54, 1.807) is 23.7 Å². The van der Waals surface area contributed by atoms with Gasteiger partial charge in [0.2, 0.25) is 0 Å². The minimum Gasteiger partial charge on any atom is -0.508 e. The van der Waals surface area contributed by atoms with Gasteiger partial charge in [-0.2, -0.15) is 0 Å². The van der Waals surface area contributed by atoms with Crippen molar-refractivity contribution in [3.8, 4) is 5.75 Å². The Morgan fingerprint density at radius 3 is 2.69 bits per heavy atom. The predicted molar refractivity (Wildman–Crippen MR) is 57.2 cm³/mol. The van der Waals surface area contributed by atoms with Crippen LogP contribution in [0.3, 0.4) is 0 Å². The number of carboxylic acid groups (broad SMARTS) is 1. The zero-order valence-corrected chi connectivity index (χ0v) is 8.58. The van der Waals surface area contributed by atoms with Crippen LogP contribution in [0.2, 0.25) is 0 Å². The van der Waals surface area contributed by atoms with Crippen molar-refractivity contribution in [1.29, 1.82) is 0 Å². The first kappa shape index (κ1) is 10.5. The highest BCUT2D eigenvalue weighted by Gasteiger charge is 2.20. The average molecular weight is 221 g/mol. The van der Waals surface area contributed by atoms with E-state index in [0.29, 0.717) is 5.39 Å². The zero-order valence-electron chi connectivity index (χ0n) is 8.58. The van der Waals surface area contributed by atoms with Crippen molar-refractivity contribution in [2.24, 2.45) is 7.05 Å². The highest BCUT2D eigenvalue weighted by Crippen LogP contribution is 2.26. The Hall–Kier alpha value is -2.01. The first-order chi connectivity index (χ1) is 7.50. The number of rotatable bonds is 2. The number of aliphatic carboxylic acids is 1. The van der Waals surface area contributed by atoms with Crippen molar-refractivity contribution < 1.29 is 20.1 Å². The molecular weight excluding hydrogens is 210 g/mol. The molecule has 16 heavy (non-hydrogen) atoms. The second kappa shape index (κ2) is 3.53. The number of benzene rings is 1. The number of carbonyl (C=O) groups is 1. The van der Waals surface area contributed by atoms with E-state index in [0.717, 1.165) is 5.52 Å². The standard InChI is InChI=1S/C11H11NO4/c1-12-8-3-2-7(13)4-6(8)5-9(12)10(14)11(15)16/h2-5,10,13-14H,1H3,(H,15,16). The average Bonchev–Trinajstić information content (AvgIpc) is 2.54. The largest absolute Gasteiger partial charge is 0.508 e. The smallest absolute Gasteiger partial charge is 0.338 e. The minimum atomic E-state index is -1.56. The van der Waals surface area contributed by atoms with Gasteiger partial charge in [0.25, 0.3) is 0 Å². The molecule has 5 nitrogen and oxygen atoms in total. The van der Waals surface area contributed by atoms with Crippen molar-refractivity contribution in [3.05, 3.63) is 30.0 Å². The molecule has 5 heteroatoms. The first-order valence-corrected chi connectivity index (χ1v) is 4.70. The fourth-order valence-corrected chi connectivity index (χ4v) is 1.75. The lowest BCUT2D eigenvalue weighted by atomic mass is 10.2. The van der Waals surface area contributed by atoms with Crippen molar-refractivity contribution >= 4 is 16.9 Å². The van der Waals surface area contributed by atoms with Crippen molar-refractivity contribution in [2.45, 2.75) is 6.10 Å². The highest BCUT2D eigenvalue weighted by atomic mass is 16.4. The second-order valence-electron chi connectivity index (χ2n) is 3.61. The van der Waals surface area contributed by atoms with Gasteiger partial charge in [-0.25, -0.2) is 4.79 Å². The summed E-state index contributed by atoms with van der Waals surface area (Å²) in [6, 6.07) is 6.25. The number of aromatic hydroxyl groups is 1. The monoisotopic (exact) mass is 221 g/mol. The number of aliphatic hydroxyl groups is 1. The molecular formula is C11H11NO4. The molecule has 0 aliphatic carbocycles. The molecule has 3 N–H and O–H groups in total. The van der Waals surface area contributed by atoms with Crippen LogP contribution in [0, 0.1) is 0 Å². The number of aromatic nitrogens is 1. The third kappa shape index (κ3) is 1.51. The van der Waals surface area contributed by atoms with E-state index in [4.69, 9.17) is 5.11 Å². The summed E-state index contributed by atoms with van der Waals surface area (Å²) in [5.41, 5.74) is 1.04. The fourth-order valence-electron chi connectivity index (χ4n) is 1.75. The van der Waals surface area contributed by atoms with Crippen molar-refractivity contribution in [3.63, 3.8) is 0 Å². The number of aliphatic hydroxyl groups excluding tert-OH is 1. The SMILES string of the molecule is Cn1c(C(O)C(=O)O)cc2cc(O)ccc21. The van der Waals surface area contributed by atoms with E-state index in [-0.39, 0.29) is 11.4 Å². The van der Waals surface area contributed by atoms with Crippen LogP contribution >= 0.6 is 0 Å². The summed E-state index contributed by atoms with van der Waals surface area (Å²) in [5.74, 6) is -1.19. The molecule has 1 aromatic heterocycles. The first-order valence-electron chi connectivity index (χ1n) is 4.70. The third-order valence-corrected chi connectivity index (χ3v) is 2.58. The third-order valence-electron chi connectivity index (χ3n) is 2.58. The number of hydrogen-bond donors (Lipinski definition) is 3. The predicted octanol–water partition coefficient (Wildman–Crippen LogP) is 1.00. The Morgan fingerprint density at radius 1 is 1.38 bits per heavy atom. The number of hydrogen-bond acceptors (Lipinski definition) is 3. The summed E-state index contributed by atoms with van der Waals surface area (Å²) < 4.78 is 1.59. The Kier molecular flexibility index (Phi) is 2.32. The molecule has 0 aliphatic rings. The summed E-state index contributed by atoms with van der Waals surface area (Å²) >= 11 is 0. The van der Waals surface area contributed by atoms with Crippen molar-refractivity contribution in [2.75, 3.05) is 0 Å². The van der Waals surface area contributed by atoms with Gasteiger partial charge >= 0.3 is 5.97 Å². The summed E-state index contributed by atoms with van der Waals surface area (Å²) in [6.45, 7) is 0. The molecule has 1 atom stereocenters. The number of carboxylic acids is 1. The molecule has 0 bridgehead atoms. The van der Waals surface area contributed by atoms with Crippen LogP contribution < -0.4 is 0 Å². The number of fused-ring (bicyclic) bond motifs is 1. The Morgan fingerprint density at radius 2 is 2.06 bits per heavy atom. The number of aryl methyl sites for hydroxylation is 1. The van der Waals surface area contributed by atoms with Gasteiger partial charge in [0, 0.05) is 18.0 Å². The van der Waals surface area contributed by atoms with Gasteiger partial charge < -0.3 is 19.9 Å². The van der Waals surface area contributed by atoms with Gasteiger partial charge in [0.1, 0.15) is 5.75 Å². The molecule has 0 saturated carbocycles. The number of phenolic OH excluding ortho intramolecular Hbond substituents is 1. The highest BCUT2D eigenvalue weighted by molar-refractivity contribution is 5.85. The Bertz CT molecular complexity index is 558. The van der Waals surface area contributed by atoms with E-state index < -0.39 is 12.1 Å². The summed E-state index contributed by atoms with van der Waals surface area (Å²) in [6.07, 6.45) is -1.56. The lowest BCUT2D eigenvalue weighted by molar-refractivity contribution is -0.147. The molecule has 0 spiro atoms. The topological polar surface area (TPSA) is 82.7 Å². The summed E-state index contributed by atoms with van der Waals surface area (Å²) in [4.78, 5) is 10.7. The maximum Gasteiger partial charge on any atom is 0.338 e. The van der Waals surface area contributed by atoms with E-state index in [1.807, 2.05) is 0 Å². The minimum absolute atomic E-state index is 0.106. The molecule has 0 saturated heterocycles. The lowest BCUT2D eigenvalue weighted by Gasteiger charge is -2.07. The normalized spacial score (nSPS) is 12.9. The zero-order chi connectivity index (χ0) is 11.9. The van der Waals surface area contributed by atoms with E-state index >= 15 is 0 Å². The van der Waals surface area contributed by atoms with E-state index in [2.05, 4.69) is 0 Å². The van der Waals surface area contributed by atoms with Gasteiger partial charge in [-0.15, -0.1) is 0 Å². The lowest BCUT2D eigenvalue weighted by Crippen LogP contribution is -2.13. The van der Waals surface area contributed by atoms with Gasteiger partial charge in [0.05, 0.1) is 5.69 Å². The van der Waals surface area contributed by atoms with Gasteiger partial charge in [0.15, 0.2) is 6.10 Å². The summed E-state index contributed by atoms with van der Waals surface area (Å²) in [7, 11) is 1.67. The molecule has 0 radical (unpaired) electrons. The molecule has 1 heterocycles. The van der Waals surface area contributed by atoms with Crippen LogP contribution in [-0.2, 0) is 11.8 Å². The molecule has 2 rings (SSSR count). The van der Waals surface area contributed by atoms with Gasteiger partial charge in [-0.3, -0.25) is 0 Å². The Labute approximate surface area is 91.2 Å². The maximum absolute atomic E-state index is 10.7. The molecule has 2 aromatic rings. The second-order valence-corrected chi connectivity index (χ2v) is 3.61. The quantitative estimate of drug-likeness (QED) is 0.706. The van der Waals surface area contributed by atoms with Gasteiger partial charge in [-0.05, 0) is 24.3 Å². The molecule has 1 aromatic carbocycles. The van der Waals surface area contributed by atoms with Gasteiger partial charge in [-0.1, -0.05) is 0 Å². The molecule has 0 fully saturated rings. The fraction of sp³-hybridized carbons (Fsp3) is 0.182. The van der Waals surface area contributed by atoms with E-state index in [9.17, 15) is 15.0 Å². The van der Waals surface area contributed by atoms with Crippen LogP contribution in [0.1, 0.15) is 11.8 Å².